The second kappa shape index (κ2) is 8.26. The van der Waals surface area contributed by atoms with Gasteiger partial charge in [-0.25, -0.2) is 4.99 Å². The minimum atomic E-state index is -0.369. The molecule has 2 aromatic rings. The van der Waals surface area contributed by atoms with E-state index in [1.165, 1.54) is 4.90 Å². The highest BCUT2D eigenvalue weighted by Gasteiger charge is 2.25. The van der Waals surface area contributed by atoms with E-state index in [9.17, 15) is 9.59 Å². The lowest BCUT2D eigenvalue weighted by Gasteiger charge is -2.25. The molecular weight excluding hydrogens is 338 g/mol. The minimum Gasteiger partial charge on any atom is -0.400 e. The highest BCUT2D eigenvalue weighted by Crippen LogP contribution is 2.27. The number of carbonyl (C=O) groups excluding carboxylic acids is 2. The fraction of sp³-hybridized carbons (Fsp3) is 0.294. The maximum absolute atomic E-state index is 12.1. The molecule has 9 nitrogen and oxygen atoms in total. The average Bonchev–Trinajstić information content (AvgIpc) is 3.08. The second-order valence-corrected chi connectivity index (χ2v) is 5.56. The molecule has 0 aliphatic carbocycles. The number of aryl methyl sites for hydroxylation is 1. The van der Waals surface area contributed by atoms with Crippen molar-refractivity contribution in [1.29, 1.82) is 0 Å². The Hall–Kier alpha value is -3.20. The van der Waals surface area contributed by atoms with Gasteiger partial charge in [-0.1, -0.05) is 17.3 Å². The van der Waals surface area contributed by atoms with Crippen molar-refractivity contribution in [3.05, 3.63) is 47.3 Å². The summed E-state index contributed by atoms with van der Waals surface area (Å²) >= 11 is 0. The van der Waals surface area contributed by atoms with Crippen LogP contribution in [0.15, 0.2) is 39.8 Å². The van der Waals surface area contributed by atoms with Crippen LogP contribution in [0.2, 0.25) is 0 Å². The number of aliphatic hydroxyl groups is 1. The molecule has 1 unspecified atom stereocenters. The highest BCUT2D eigenvalue weighted by atomic mass is 16.5. The van der Waals surface area contributed by atoms with E-state index in [-0.39, 0.29) is 35.9 Å². The number of nitrogens with two attached hydrogens (primary N) is 1. The van der Waals surface area contributed by atoms with Crippen molar-refractivity contribution in [1.82, 2.24) is 10.1 Å². The van der Waals surface area contributed by atoms with Crippen LogP contribution in [0.1, 0.15) is 34.3 Å². The lowest BCUT2D eigenvalue weighted by molar-refractivity contribution is -0.127. The summed E-state index contributed by atoms with van der Waals surface area (Å²) in [7, 11) is 2.59. The molecule has 0 fully saturated rings. The normalized spacial score (nSPS) is 16.5. The van der Waals surface area contributed by atoms with E-state index in [1.54, 1.807) is 38.2 Å². The first kappa shape index (κ1) is 19.1. The molecule has 0 saturated carbocycles. The van der Waals surface area contributed by atoms with Crippen molar-refractivity contribution >= 4 is 23.5 Å². The zero-order valence-electron chi connectivity index (χ0n) is 14.8. The third-order valence-corrected chi connectivity index (χ3v) is 3.76. The fourth-order valence-corrected chi connectivity index (χ4v) is 2.41. The maximum Gasteiger partial charge on any atom is 0.277 e. The van der Waals surface area contributed by atoms with Gasteiger partial charge in [0.05, 0.1) is 12.5 Å². The van der Waals surface area contributed by atoms with Gasteiger partial charge in [0.2, 0.25) is 5.91 Å². The van der Waals surface area contributed by atoms with Crippen LogP contribution < -0.4 is 11.1 Å². The standard InChI is InChI=1S/C16H17N5O3.CH4O/c1-9-6-13(20-24-9)15(23)18-11-5-3-4-10(7-11)12-8-14(22)21(2)16(17)19-12;1-2/h3-7,12H,8H2,1-2H3,(H2,17,19)(H,18,23);2H,1H3. The van der Waals surface area contributed by atoms with E-state index in [1.807, 2.05) is 6.07 Å². The van der Waals surface area contributed by atoms with Gasteiger partial charge < -0.3 is 20.7 Å². The lowest BCUT2D eigenvalue weighted by atomic mass is 10.0. The van der Waals surface area contributed by atoms with Crippen molar-refractivity contribution in [2.24, 2.45) is 10.7 Å². The topological polar surface area (TPSA) is 134 Å². The van der Waals surface area contributed by atoms with Gasteiger partial charge in [0.25, 0.3) is 5.91 Å². The molecule has 1 atom stereocenters. The molecule has 1 aromatic heterocycles. The molecule has 4 N–H and O–H groups in total. The number of nitrogens with one attached hydrogen (secondary N) is 1. The molecule has 26 heavy (non-hydrogen) atoms. The number of hydrogen-bond acceptors (Lipinski definition) is 7. The van der Waals surface area contributed by atoms with E-state index in [0.29, 0.717) is 11.4 Å². The van der Waals surface area contributed by atoms with E-state index in [4.69, 9.17) is 15.4 Å². The number of aliphatic imine (C=N–C) groups is 1. The second-order valence-electron chi connectivity index (χ2n) is 5.56. The van der Waals surface area contributed by atoms with Crippen LogP contribution in [0.4, 0.5) is 5.69 Å². The van der Waals surface area contributed by atoms with Crippen molar-refractivity contribution in [3.63, 3.8) is 0 Å². The first-order chi connectivity index (χ1) is 12.4. The van der Waals surface area contributed by atoms with Gasteiger partial charge in [-0.2, -0.15) is 0 Å². The van der Waals surface area contributed by atoms with Crippen molar-refractivity contribution in [2.45, 2.75) is 19.4 Å². The third kappa shape index (κ3) is 4.25. The SMILES string of the molecule is CO.Cc1cc(C(=O)Nc2cccc(C3CC(=O)N(C)C(N)=N3)c2)no1. The van der Waals surface area contributed by atoms with Gasteiger partial charge >= 0.3 is 0 Å². The molecule has 0 bridgehead atoms. The molecular formula is C17H21N5O4. The number of aliphatic hydroxyl groups excluding tert-OH is 1. The quantitative estimate of drug-likeness (QED) is 0.750. The Morgan fingerprint density at radius 1 is 1.38 bits per heavy atom. The number of benzene rings is 1. The molecule has 3 rings (SSSR count). The minimum absolute atomic E-state index is 0.0972. The summed E-state index contributed by atoms with van der Waals surface area (Å²) < 4.78 is 4.89. The predicted molar refractivity (Wildman–Crippen MR) is 95.5 cm³/mol. The van der Waals surface area contributed by atoms with Crippen LogP contribution in [0.25, 0.3) is 0 Å². The van der Waals surface area contributed by atoms with E-state index < -0.39 is 0 Å². The van der Waals surface area contributed by atoms with Crippen molar-refractivity contribution < 1.29 is 19.2 Å². The maximum atomic E-state index is 12.1. The van der Waals surface area contributed by atoms with Crippen LogP contribution in [-0.4, -0.2) is 47.1 Å². The van der Waals surface area contributed by atoms with E-state index >= 15 is 0 Å². The Labute approximate surface area is 150 Å². The zero-order chi connectivity index (χ0) is 19.3. The summed E-state index contributed by atoms with van der Waals surface area (Å²) in [5.41, 5.74) is 7.34. The molecule has 1 aromatic carbocycles. The summed E-state index contributed by atoms with van der Waals surface area (Å²) in [6, 6.07) is 8.34. The number of amides is 2. The van der Waals surface area contributed by atoms with Gasteiger partial charge in [-0.3, -0.25) is 14.5 Å². The summed E-state index contributed by atoms with van der Waals surface area (Å²) in [6.45, 7) is 1.71. The van der Waals surface area contributed by atoms with Crippen LogP contribution in [-0.2, 0) is 4.79 Å². The molecule has 2 heterocycles. The number of nitrogens with zero attached hydrogens (tertiary/aromatic N) is 3. The van der Waals surface area contributed by atoms with Gasteiger partial charge in [-0.15, -0.1) is 0 Å². The van der Waals surface area contributed by atoms with Crippen LogP contribution in [0.3, 0.4) is 0 Å². The summed E-state index contributed by atoms with van der Waals surface area (Å²) in [4.78, 5) is 29.7. The van der Waals surface area contributed by atoms with Crippen LogP contribution in [0, 0.1) is 6.92 Å². The summed E-state index contributed by atoms with van der Waals surface area (Å²) in [5, 5.41) is 13.4. The van der Waals surface area contributed by atoms with E-state index in [0.717, 1.165) is 12.7 Å². The number of guanidine groups is 1. The summed E-state index contributed by atoms with van der Waals surface area (Å²) in [6.07, 6.45) is 0.233. The largest absolute Gasteiger partial charge is 0.400 e. The number of aromatic nitrogens is 1. The number of carbonyl (C=O) groups is 2. The van der Waals surface area contributed by atoms with Gasteiger partial charge in [0, 0.05) is 25.9 Å². The van der Waals surface area contributed by atoms with Crippen LogP contribution in [0.5, 0.6) is 0 Å². The van der Waals surface area contributed by atoms with Crippen molar-refractivity contribution in [3.8, 4) is 0 Å². The average molecular weight is 359 g/mol. The Balaban J connectivity index is 0.00000117. The van der Waals surface area contributed by atoms with Gasteiger partial charge in [0.1, 0.15) is 5.76 Å². The Bertz CT molecular complexity index is 830. The zero-order valence-corrected chi connectivity index (χ0v) is 14.8. The monoisotopic (exact) mass is 359 g/mol. The smallest absolute Gasteiger partial charge is 0.277 e. The molecule has 1 aliphatic rings. The molecule has 0 radical (unpaired) electrons. The lowest BCUT2D eigenvalue weighted by Crippen LogP contribution is -2.42. The Kier molecular flexibility index (Phi) is 6.07. The number of hydrogen-bond donors (Lipinski definition) is 3. The highest BCUT2D eigenvalue weighted by molar-refractivity contribution is 6.03. The Morgan fingerprint density at radius 3 is 2.73 bits per heavy atom. The molecule has 138 valence electrons. The molecule has 2 amide bonds. The molecule has 0 spiro atoms. The third-order valence-electron chi connectivity index (χ3n) is 3.76. The first-order valence-corrected chi connectivity index (χ1v) is 7.83. The van der Waals surface area contributed by atoms with E-state index in [2.05, 4.69) is 15.5 Å². The number of rotatable bonds is 3. The molecule has 1 aliphatic heterocycles. The first-order valence-electron chi connectivity index (χ1n) is 7.83. The predicted octanol–water partition coefficient (Wildman–Crippen LogP) is 1.06. The van der Waals surface area contributed by atoms with Crippen molar-refractivity contribution in [2.75, 3.05) is 19.5 Å². The molecule has 0 saturated heterocycles. The van der Waals surface area contributed by atoms with Crippen LogP contribution >= 0.6 is 0 Å². The van der Waals surface area contributed by atoms with Gasteiger partial charge in [-0.05, 0) is 24.6 Å². The fourth-order valence-electron chi connectivity index (χ4n) is 2.41. The Morgan fingerprint density at radius 2 is 2.12 bits per heavy atom. The van der Waals surface area contributed by atoms with Gasteiger partial charge in [0.15, 0.2) is 11.7 Å². The number of anilines is 1. The summed E-state index contributed by atoms with van der Waals surface area (Å²) in [5.74, 6) is 0.277. The molecule has 9 heteroatoms.